The summed E-state index contributed by atoms with van der Waals surface area (Å²) in [7, 11) is 0. The van der Waals surface area contributed by atoms with E-state index in [4.69, 9.17) is 11.6 Å². The summed E-state index contributed by atoms with van der Waals surface area (Å²) in [6, 6.07) is 3.37. The van der Waals surface area contributed by atoms with Gasteiger partial charge in [0.2, 0.25) is 0 Å². The first kappa shape index (κ1) is 10.6. The molecule has 15 heavy (non-hydrogen) atoms. The van der Waals surface area contributed by atoms with Gasteiger partial charge in [-0.2, -0.15) is 0 Å². The minimum atomic E-state index is -0.104. The van der Waals surface area contributed by atoms with Gasteiger partial charge in [-0.1, -0.05) is 11.6 Å². The summed E-state index contributed by atoms with van der Waals surface area (Å²) in [5.41, 5.74) is 0.635. The largest absolute Gasteiger partial charge is 0.504 e. The predicted molar refractivity (Wildman–Crippen MR) is 59.5 cm³/mol. The van der Waals surface area contributed by atoms with E-state index in [1.807, 2.05) is 0 Å². The summed E-state index contributed by atoms with van der Waals surface area (Å²) in [5.74, 6) is -0.191. The number of benzene rings is 1. The van der Waals surface area contributed by atoms with Crippen LogP contribution in [-0.2, 0) is 6.42 Å². The van der Waals surface area contributed by atoms with Gasteiger partial charge in [-0.15, -0.1) is 0 Å². The molecule has 2 rings (SSSR count). The van der Waals surface area contributed by atoms with E-state index in [-0.39, 0.29) is 11.5 Å². The number of phenols is 2. The Hall–Kier alpha value is -0.930. The van der Waals surface area contributed by atoms with E-state index < -0.39 is 0 Å². The average molecular weight is 228 g/mol. The minimum absolute atomic E-state index is 0.0869. The van der Waals surface area contributed by atoms with Crippen LogP contribution in [0.25, 0.3) is 0 Å². The molecule has 1 atom stereocenters. The zero-order valence-corrected chi connectivity index (χ0v) is 9.09. The zero-order chi connectivity index (χ0) is 10.8. The number of aromatic hydroxyl groups is 2. The molecule has 0 radical (unpaired) electrons. The monoisotopic (exact) mass is 227 g/mol. The van der Waals surface area contributed by atoms with Crippen molar-refractivity contribution in [3.05, 3.63) is 22.7 Å². The van der Waals surface area contributed by atoms with E-state index >= 15 is 0 Å². The van der Waals surface area contributed by atoms with Crippen LogP contribution in [-0.4, -0.2) is 22.8 Å². The highest BCUT2D eigenvalue weighted by atomic mass is 35.5. The first-order valence-electron chi connectivity index (χ1n) is 5.11. The Kier molecular flexibility index (Phi) is 3.03. The molecule has 1 saturated heterocycles. The van der Waals surface area contributed by atoms with Crippen LogP contribution in [0.4, 0.5) is 0 Å². The number of hydrogen-bond donors (Lipinski definition) is 3. The third kappa shape index (κ3) is 2.19. The Morgan fingerprint density at radius 1 is 1.40 bits per heavy atom. The Balaban J connectivity index is 2.22. The van der Waals surface area contributed by atoms with Gasteiger partial charge in [-0.3, -0.25) is 0 Å². The van der Waals surface area contributed by atoms with Crippen LogP contribution in [0.5, 0.6) is 11.5 Å². The molecule has 0 bridgehead atoms. The highest BCUT2D eigenvalue weighted by Gasteiger charge is 2.19. The zero-order valence-electron chi connectivity index (χ0n) is 8.33. The normalized spacial score (nSPS) is 20.7. The quantitative estimate of drug-likeness (QED) is 0.678. The topological polar surface area (TPSA) is 52.5 Å². The lowest BCUT2D eigenvalue weighted by molar-refractivity contribution is 0.397. The van der Waals surface area contributed by atoms with Crippen molar-refractivity contribution in [3.8, 4) is 11.5 Å². The van der Waals surface area contributed by atoms with Crippen molar-refractivity contribution in [2.75, 3.05) is 6.54 Å². The molecular formula is C11H14ClNO2. The molecular weight excluding hydrogens is 214 g/mol. The van der Waals surface area contributed by atoms with Gasteiger partial charge in [-0.05, 0) is 37.9 Å². The second-order valence-electron chi connectivity index (χ2n) is 3.89. The summed E-state index contributed by atoms with van der Waals surface area (Å²) in [5, 5.41) is 22.9. The second-order valence-corrected chi connectivity index (χ2v) is 4.30. The summed E-state index contributed by atoms with van der Waals surface area (Å²) >= 11 is 5.98. The van der Waals surface area contributed by atoms with Gasteiger partial charge in [0.25, 0.3) is 0 Å². The fourth-order valence-electron chi connectivity index (χ4n) is 1.97. The number of phenolic OH excluding ortho intramolecular Hbond substituents is 2. The van der Waals surface area contributed by atoms with Crippen molar-refractivity contribution < 1.29 is 10.2 Å². The van der Waals surface area contributed by atoms with Crippen molar-refractivity contribution in [1.82, 2.24) is 5.32 Å². The molecule has 1 aromatic rings. The van der Waals surface area contributed by atoms with E-state index in [9.17, 15) is 10.2 Å². The van der Waals surface area contributed by atoms with Gasteiger partial charge in [0.05, 0.1) is 0 Å². The smallest absolute Gasteiger partial charge is 0.162 e. The first-order valence-corrected chi connectivity index (χ1v) is 5.49. The molecule has 1 aromatic carbocycles. The maximum atomic E-state index is 9.68. The van der Waals surface area contributed by atoms with Gasteiger partial charge in [0.15, 0.2) is 11.5 Å². The second kappa shape index (κ2) is 4.29. The molecule has 3 nitrogen and oxygen atoms in total. The third-order valence-corrected chi connectivity index (χ3v) is 3.17. The molecule has 4 heteroatoms. The Morgan fingerprint density at radius 3 is 2.87 bits per heavy atom. The fourth-order valence-corrected chi connectivity index (χ4v) is 2.20. The number of halogens is 1. The Morgan fingerprint density at radius 2 is 2.20 bits per heavy atom. The van der Waals surface area contributed by atoms with Gasteiger partial charge in [0, 0.05) is 16.6 Å². The molecule has 0 aliphatic carbocycles. The highest BCUT2D eigenvalue weighted by molar-refractivity contribution is 6.31. The van der Waals surface area contributed by atoms with Crippen LogP contribution >= 0.6 is 11.6 Å². The molecule has 1 aliphatic heterocycles. The van der Waals surface area contributed by atoms with Crippen molar-refractivity contribution in [2.24, 2.45) is 0 Å². The van der Waals surface area contributed by atoms with E-state index in [0.717, 1.165) is 19.4 Å². The summed E-state index contributed by atoms with van der Waals surface area (Å²) in [6.45, 7) is 1.02. The van der Waals surface area contributed by atoms with Gasteiger partial charge >= 0.3 is 0 Å². The molecule has 82 valence electrons. The average Bonchev–Trinajstić information content (AvgIpc) is 2.71. The van der Waals surface area contributed by atoms with Crippen LogP contribution in [0.3, 0.4) is 0 Å². The van der Waals surface area contributed by atoms with Crippen molar-refractivity contribution in [3.63, 3.8) is 0 Å². The minimum Gasteiger partial charge on any atom is -0.504 e. The van der Waals surface area contributed by atoms with Gasteiger partial charge in [-0.25, -0.2) is 0 Å². The predicted octanol–water partition coefficient (Wildman–Crippen LogP) is 2.05. The molecule has 1 aliphatic rings. The van der Waals surface area contributed by atoms with Crippen LogP contribution in [0.2, 0.25) is 5.02 Å². The maximum absolute atomic E-state index is 9.68. The number of nitrogens with one attached hydrogen (secondary N) is 1. The number of hydrogen-bond acceptors (Lipinski definition) is 3. The lowest BCUT2D eigenvalue weighted by atomic mass is 10.0. The fraction of sp³-hybridized carbons (Fsp3) is 0.455. The van der Waals surface area contributed by atoms with Crippen molar-refractivity contribution in [2.45, 2.75) is 25.3 Å². The van der Waals surface area contributed by atoms with Crippen LogP contribution in [0.1, 0.15) is 18.4 Å². The lowest BCUT2D eigenvalue weighted by Crippen LogP contribution is -2.23. The van der Waals surface area contributed by atoms with Crippen LogP contribution in [0, 0.1) is 0 Å². The van der Waals surface area contributed by atoms with E-state index in [0.29, 0.717) is 23.0 Å². The molecule has 1 fully saturated rings. The third-order valence-electron chi connectivity index (χ3n) is 2.82. The standard InChI is InChI=1S/C11H14ClNO2/c12-9-3-4-10(14)11(15)8(9)6-7-2-1-5-13-7/h3-4,7,13-15H,1-2,5-6H2. The molecule has 0 saturated carbocycles. The summed E-state index contributed by atoms with van der Waals surface area (Å²) in [6.07, 6.45) is 2.91. The SMILES string of the molecule is Oc1ccc(Cl)c(CC2CCCN2)c1O. The van der Waals surface area contributed by atoms with E-state index in [1.165, 1.54) is 6.07 Å². The molecule has 1 unspecified atom stereocenters. The Labute approximate surface area is 93.7 Å². The molecule has 1 heterocycles. The molecule has 0 amide bonds. The van der Waals surface area contributed by atoms with E-state index in [2.05, 4.69) is 5.32 Å². The van der Waals surface area contributed by atoms with E-state index in [1.54, 1.807) is 6.07 Å². The Bertz CT molecular complexity index is 362. The van der Waals surface area contributed by atoms with Crippen LogP contribution < -0.4 is 5.32 Å². The van der Waals surface area contributed by atoms with Crippen molar-refractivity contribution >= 4 is 11.6 Å². The van der Waals surface area contributed by atoms with Crippen LogP contribution in [0.15, 0.2) is 12.1 Å². The molecule has 0 aromatic heterocycles. The van der Waals surface area contributed by atoms with Gasteiger partial charge < -0.3 is 15.5 Å². The maximum Gasteiger partial charge on any atom is 0.162 e. The summed E-state index contributed by atoms with van der Waals surface area (Å²) in [4.78, 5) is 0. The first-order chi connectivity index (χ1) is 7.18. The lowest BCUT2D eigenvalue weighted by Gasteiger charge is -2.13. The summed E-state index contributed by atoms with van der Waals surface area (Å²) < 4.78 is 0. The highest BCUT2D eigenvalue weighted by Crippen LogP contribution is 2.35. The number of rotatable bonds is 2. The molecule has 0 spiro atoms. The van der Waals surface area contributed by atoms with Gasteiger partial charge in [0.1, 0.15) is 0 Å². The molecule has 3 N–H and O–H groups in total. The van der Waals surface area contributed by atoms with Crippen molar-refractivity contribution in [1.29, 1.82) is 0 Å².